The van der Waals surface area contributed by atoms with Gasteiger partial charge in [0.2, 0.25) is 0 Å². The first-order chi connectivity index (χ1) is 8.83. The van der Waals surface area contributed by atoms with Gasteiger partial charge in [-0.25, -0.2) is 4.39 Å². The molecule has 0 amide bonds. The average molecular weight is 333 g/mol. The summed E-state index contributed by atoms with van der Waals surface area (Å²) in [6.45, 7) is 3.92. The number of carboxylic acids is 1. The lowest BCUT2D eigenvalue weighted by Gasteiger charge is -2.18. The average Bonchev–Trinajstić information content (AvgIpc) is 2.33. The van der Waals surface area contributed by atoms with Gasteiger partial charge in [-0.2, -0.15) is 0 Å². The second-order valence-corrected chi connectivity index (χ2v) is 5.92. The standard InChI is InChI=1S/C14H18BrFO3/c1-14(2,13(17)18)7-3-4-8-19-10-5-6-12(16)11(15)9-10/h5-6,9H,3-4,7-8H2,1-2H3,(H,17,18). The van der Waals surface area contributed by atoms with Crippen LogP contribution in [0.2, 0.25) is 0 Å². The summed E-state index contributed by atoms with van der Waals surface area (Å²) in [5.41, 5.74) is -0.696. The molecule has 0 heterocycles. The minimum Gasteiger partial charge on any atom is -0.494 e. The molecule has 0 spiro atoms. The first-order valence-corrected chi connectivity index (χ1v) is 6.93. The Morgan fingerprint density at radius 1 is 1.42 bits per heavy atom. The van der Waals surface area contributed by atoms with E-state index < -0.39 is 11.4 Å². The van der Waals surface area contributed by atoms with Crippen molar-refractivity contribution in [2.24, 2.45) is 5.41 Å². The Kier molecular flexibility index (Phi) is 5.79. The monoisotopic (exact) mass is 332 g/mol. The van der Waals surface area contributed by atoms with Crippen molar-refractivity contribution in [1.29, 1.82) is 0 Å². The minimum atomic E-state index is -0.782. The van der Waals surface area contributed by atoms with Crippen LogP contribution in [-0.4, -0.2) is 17.7 Å². The van der Waals surface area contributed by atoms with Crippen LogP contribution in [0.25, 0.3) is 0 Å². The number of rotatable bonds is 7. The predicted molar refractivity (Wildman–Crippen MR) is 74.9 cm³/mol. The fourth-order valence-electron chi connectivity index (χ4n) is 1.53. The first kappa shape index (κ1) is 16.0. The second kappa shape index (κ2) is 6.89. The smallest absolute Gasteiger partial charge is 0.309 e. The topological polar surface area (TPSA) is 46.5 Å². The molecule has 3 nitrogen and oxygen atoms in total. The van der Waals surface area contributed by atoms with E-state index in [9.17, 15) is 9.18 Å². The normalized spacial score (nSPS) is 11.4. The van der Waals surface area contributed by atoms with Crippen molar-refractivity contribution in [2.45, 2.75) is 33.1 Å². The molecule has 106 valence electrons. The number of carboxylic acid groups (broad SMARTS) is 1. The van der Waals surface area contributed by atoms with Gasteiger partial charge in [-0.15, -0.1) is 0 Å². The first-order valence-electron chi connectivity index (χ1n) is 6.14. The van der Waals surface area contributed by atoms with Crippen LogP contribution < -0.4 is 4.74 Å². The Bertz CT molecular complexity index is 446. The third kappa shape index (κ3) is 5.19. The van der Waals surface area contributed by atoms with Crippen molar-refractivity contribution in [3.63, 3.8) is 0 Å². The molecule has 1 aromatic rings. The van der Waals surface area contributed by atoms with Crippen molar-refractivity contribution < 1.29 is 19.0 Å². The van der Waals surface area contributed by atoms with Crippen LogP contribution in [0.1, 0.15) is 33.1 Å². The summed E-state index contributed by atoms with van der Waals surface area (Å²) in [6.07, 6.45) is 2.16. The molecule has 0 saturated heterocycles. The maximum atomic E-state index is 13.0. The van der Waals surface area contributed by atoms with E-state index in [1.54, 1.807) is 26.0 Å². The van der Waals surface area contributed by atoms with Crippen molar-refractivity contribution in [3.05, 3.63) is 28.5 Å². The lowest BCUT2D eigenvalue weighted by Crippen LogP contribution is -2.23. The van der Waals surface area contributed by atoms with Gasteiger partial charge in [0.25, 0.3) is 0 Å². The zero-order valence-corrected chi connectivity index (χ0v) is 12.7. The van der Waals surface area contributed by atoms with Crippen LogP contribution in [0.4, 0.5) is 4.39 Å². The van der Waals surface area contributed by atoms with Gasteiger partial charge in [0.05, 0.1) is 16.5 Å². The number of hydrogen-bond donors (Lipinski definition) is 1. The van der Waals surface area contributed by atoms with E-state index >= 15 is 0 Å². The van der Waals surface area contributed by atoms with Crippen LogP contribution in [0.5, 0.6) is 5.75 Å². The Hall–Kier alpha value is -1.10. The molecular formula is C14H18BrFO3. The number of ether oxygens (including phenoxy) is 1. The Morgan fingerprint density at radius 3 is 2.68 bits per heavy atom. The summed E-state index contributed by atoms with van der Waals surface area (Å²) < 4.78 is 18.8. The summed E-state index contributed by atoms with van der Waals surface area (Å²) in [4.78, 5) is 10.9. The Balaban J connectivity index is 2.28. The zero-order valence-electron chi connectivity index (χ0n) is 11.1. The molecule has 5 heteroatoms. The number of aliphatic carboxylic acids is 1. The molecule has 19 heavy (non-hydrogen) atoms. The van der Waals surface area contributed by atoms with E-state index in [0.717, 1.165) is 12.8 Å². The van der Waals surface area contributed by atoms with Gasteiger partial charge >= 0.3 is 5.97 Å². The van der Waals surface area contributed by atoms with Gasteiger partial charge in [0.1, 0.15) is 11.6 Å². The molecule has 0 radical (unpaired) electrons. The predicted octanol–water partition coefficient (Wildman–Crippen LogP) is 4.25. The molecule has 0 aromatic heterocycles. The number of hydrogen-bond acceptors (Lipinski definition) is 2. The molecule has 0 saturated carbocycles. The molecule has 0 aliphatic rings. The number of carbonyl (C=O) groups is 1. The van der Waals surface area contributed by atoms with Gasteiger partial charge in [-0.3, -0.25) is 4.79 Å². The van der Waals surface area contributed by atoms with Crippen molar-refractivity contribution in [1.82, 2.24) is 0 Å². The van der Waals surface area contributed by atoms with Crippen LogP contribution in [0.3, 0.4) is 0 Å². The lowest BCUT2D eigenvalue weighted by atomic mass is 9.87. The Labute approximate surface area is 120 Å². The second-order valence-electron chi connectivity index (χ2n) is 5.07. The summed E-state index contributed by atoms with van der Waals surface area (Å²) in [5.74, 6) is -0.503. The van der Waals surface area contributed by atoms with Gasteiger partial charge in [0, 0.05) is 0 Å². The minimum absolute atomic E-state index is 0.324. The highest BCUT2D eigenvalue weighted by Gasteiger charge is 2.25. The van der Waals surface area contributed by atoms with E-state index in [0.29, 0.717) is 23.2 Å². The Morgan fingerprint density at radius 2 is 2.11 bits per heavy atom. The number of benzene rings is 1. The molecule has 1 N–H and O–H groups in total. The van der Waals surface area contributed by atoms with E-state index in [2.05, 4.69) is 15.9 Å². The SMILES string of the molecule is CC(C)(CCCCOc1ccc(F)c(Br)c1)C(=O)O. The van der Waals surface area contributed by atoms with E-state index in [1.807, 2.05) is 0 Å². The van der Waals surface area contributed by atoms with Crippen LogP contribution in [-0.2, 0) is 4.79 Å². The highest BCUT2D eigenvalue weighted by Crippen LogP contribution is 2.24. The maximum absolute atomic E-state index is 13.0. The summed E-state index contributed by atoms with van der Waals surface area (Å²) >= 11 is 3.09. The van der Waals surface area contributed by atoms with Crippen LogP contribution in [0.15, 0.2) is 22.7 Å². The number of unbranched alkanes of at least 4 members (excludes halogenated alkanes) is 1. The lowest BCUT2D eigenvalue weighted by molar-refractivity contribution is -0.147. The maximum Gasteiger partial charge on any atom is 0.309 e. The van der Waals surface area contributed by atoms with Crippen LogP contribution in [0, 0.1) is 11.2 Å². The van der Waals surface area contributed by atoms with Crippen molar-refractivity contribution in [2.75, 3.05) is 6.61 Å². The largest absolute Gasteiger partial charge is 0.494 e. The van der Waals surface area contributed by atoms with Gasteiger partial charge in [0.15, 0.2) is 0 Å². The van der Waals surface area contributed by atoms with Gasteiger partial charge < -0.3 is 9.84 Å². The fourth-order valence-corrected chi connectivity index (χ4v) is 1.89. The fraction of sp³-hybridized carbons (Fsp3) is 0.500. The van der Waals surface area contributed by atoms with Crippen molar-refractivity contribution in [3.8, 4) is 5.75 Å². The van der Waals surface area contributed by atoms with Gasteiger partial charge in [-0.1, -0.05) is 0 Å². The van der Waals surface area contributed by atoms with Crippen LogP contribution >= 0.6 is 15.9 Å². The molecule has 0 aliphatic carbocycles. The van der Waals surface area contributed by atoms with E-state index in [4.69, 9.17) is 9.84 Å². The molecule has 1 aromatic carbocycles. The molecule has 0 atom stereocenters. The molecule has 0 bridgehead atoms. The summed E-state index contributed by atoms with van der Waals surface area (Å²) in [5, 5.41) is 8.96. The summed E-state index contributed by atoms with van der Waals surface area (Å²) in [7, 11) is 0. The third-order valence-corrected chi connectivity index (χ3v) is 3.54. The van der Waals surface area contributed by atoms with E-state index in [-0.39, 0.29) is 5.82 Å². The molecule has 0 unspecified atom stereocenters. The third-order valence-electron chi connectivity index (χ3n) is 2.93. The molecule has 1 rings (SSSR count). The van der Waals surface area contributed by atoms with Gasteiger partial charge in [-0.05, 0) is 67.2 Å². The highest BCUT2D eigenvalue weighted by atomic mass is 79.9. The number of halogens is 2. The highest BCUT2D eigenvalue weighted by molar-refractivity contribution is 9.10. The quantitative estimate of drug-likeness (QED) is 0.759. The summed E-state index contributed by atoms with van der Waals surface area (Å²) in [6, 6.07) is 4.49. The molecular weight excluding hydrogens is 315 g/mol. The molecule has 0 fully saturated rings. The zero-order chi connectivity index (χ0) is 14.5. The van der Waals surface area contributed by atoms with Crippen molar-refractivity contribution >= 4 is 21.9 Å². The molecule has 0 aliphatic heterocycles. The van der Waals surface area contributed by atoms with E-state index in [1.165, 1.54) is 6.07 Å².